The lowest BCUT2D eigenvalue weighted by Crippen LogP contribution is -2.36. The lowest BCUT2D eigenvalue weighted by molar-refractivity contribution is -0.125. The third-order valence-electron chi connectivity index (χ3n) is 4.84. The van der Waals surface area contributed by atoms with Gasteiger partial charge in [0, 0.05) is 11.6 Å². The van der Waals surface area contributed by atoms with E-state index >= 15 is 0 Å². The number of pyridine rings is 1. The van der Waals surface area contributed by atoms with Crippen molar-refractivity contribution >= 4 is 5.91 Å². The van der Waals surface area contributed by atoms with Crippen LogP contribution >= 0.6 is 0 Å². The summed E-state index contributed by atoms with van der Waals surface area (Å²) in [5, 5.41) is 11.2. The smallest absolute Gasteiger partial charge is 0.275 e. The Labute approximate surface area is 152 Å². The van der Waals surface area contributed by atoms with Gasteiger partial charge in [0.15, 0.2) is 11.5 Å². The molecule has 1 unspecified atom stereocenters. The summed E-state index contributed by atoms with van der Waals surface area (Å²) in [6, 6.07) is 3.38. The van der Waals surface area contributed by atoms with Crippen molar-refractivity contribution in [2.24, 2.45) is 5.92 Å². The van der Waals surface area contributed by atoms with Crippen LogP contribution in [0.5, 0.6) is 0 Å². The molecule has 1 aliphatic rings. The number of nitrogens with one attached hydrogen (secondary N) is 2. The van der Waals surface area contributed by atoms with Gasteiger partial charge in [-0.3, -0.25) is 9.59 Å². The Hall–Kier alpha value is -2.57. The maximum atomic E-state index is 12.5. The molecule has 1 atom stereocenters. The number of nitrogens with zero attached hydrogens (tertiary/aromatic N) is 3. The van der Waals surface area contributed by atoms with Crippen molar-refractivity contribution in [1.29, 1.82) is 0 Å². The van der Waals surface area contributed by atoms with Crippen molar-refractivity contribution in [2.75, 3.05) is 0 Å². The molecule has 0 saturated heterocycles. The summed E-state index contributed by atoms with van der Waals surface area (Å²) in [5.74, 6) is 0.396. The van der Waals surface area contributed by atoms with E-state index < -0.39 is 6.04 Å². The predicted octanol–water partition coefficient (Wildman–Crippen LogP) is 2.60. The van der Waals surface area contributed by atoms with Crippen LogP contribution in [0.15, 0.2) is 16.9 Å². The zero-order valence-electron chi connectivity index (χ0n) is 15.5. The van der Waals surface area contributed by atoms with Gasteiger partial charge in [0.25, 0.3) is 5.56 Å². The third kappa shape index (κ3) is 3.98. The Morgan fingerprint density at radius 2 is 2.00 bits per heavy atom. The molecule has 0 radical (unpaired) electrons. The van der Waals surface area contributed by atoms with Crippen LogP contribution in [0.2, 0.25) is 0 Å². The minimum atomic E-state index is -0.430. The van der Waals surface area contributed by atoms with E-state index in [0.29, 0.717) is 17.9 Å². The first-order valence-corrected chi connectivity index (χ1v) is 9.21. The first-order chi connectivity index (χ1) is 12.5. The number of amides is 1. The average molecular weight is 355 g/mol. The van der Waals surface area contributed by atoms with Gasteiger partial charge in [-0.1, -0.05) is 19.8 Å². The molecule has 2 aromatic heterocycles. The standard InChI is InChI=1S/C19H25N5O2/c1-4-14(21-18(25)13-7-5-6-8-13)16-19(26)22-17(24-23-16)15-10-11(2)9-12(3)20-15/h9-10,13-14H,4-8H2,1-3H3,(H,21,25)(H,22,24,26). The van der Waals surface area contributed by atoms with Crippen molar-refractivity contribution in [3.63, 3.8) is 0 Å². The van der Waals surface area contributed by atoms with Crippen molar-refractivity contribution < 1.29 is 4.79 Å². The molecule has 0 bridgehead atoms. The lowest BCUT2D eigenvalue weighted by Gasteiger charge is -2.18. The van der Waals surface area contributed by atoms with Crippen LogP contribution in [0, 0.1) is 19.8 Å². The van der Waals surface area contributed by atoms with Crippen molar-refractivity contribution in [1.82, 2.24) is 25.5 Å². The van der Waals surface area contributed by atoms with Crippen LogP contribution in [0.4, 0.5) is 0 Å². The van der Waals surface area contributed by atoms with Gasteiger partial charge >= 0.3 is 0 Å². The van der Waals surface area contributed by atoms with E-state index in [1.54, 1.807) is 0 Å². The molecule has 1 saturated carbocycles. The number of H-pyrrole nitrogens is 1. The van der Waals surface area contributed by atoms with Crippen LogP contribution in [0.1, 0.15) is 62.0 Å². The first-order valence-electron chi connectivity index (χ1n) is 9.21. The largest absolute Gasteiger partial charge is 0.347 e. The molecular formula is C19H25N5O2. The van der Waals surface area contributed by atoms with Crippen LogP contribution in [0.25, 0.3) is 11.5 Å². The first kappa shape index (κ1) is 18.2. The molecule has 7 nitrogen and oxygen atoms in total. The molecule has 1 fully saturated rings. The maximum Gasteiger partial charge on any atom is 0.275 e. The SMILES string of the molecule is CCC(NC(=O)C1CCCC1)c1nnc(-c2cc(C)cc(C)n2)[nH]c1=O. The second-order valence-corrected chi connectivity index (χ2v) is 7.01. The number of aryl methyl sites for hydroxylation is 2. The zero-order valence-corrected chi connectivity index (χ0v) is 15.5. The zero-order chi connectivity index (χ0) is 18.7. The summed E-state index contributed by atoms with van der Waals surface area (Å²) in [6.45, 7) is 5.77. The molecule has 0 aliphatic heterocycles. The predicted molar refractivity (Wildman–Crippen MR) is 98.5 cm³/mol. The van der Waals surface area contributed by atoms with E-state index in [4.69, 9.17) is 0 Å². The van der Waals surface area contributed by atoms with Gasteiger partial charge in [-0.05, 0) is 50.8 Å². The fraction of sp³-hybridized carbons (Fsp3) is 0.526. The van der Waals surface area contributed by atoms with Crippen molar-refractivity contribution in [2.45, 2.75) is 58.9 Å². The molecule has 2 heterocycles. The van der Waals surface area contributed by atoms with Gasteiger partial charge in [-0.25, -0.2) is 4.98 Å². The van der Waals surface area contributed by atoms with Crippen molar-refractivity contribution in [3.05, 3.63) is 39.4 Å². The molecule has 26 heavy (non-hydrogen) atoms. The van der Waals surface area contributed by atoms with E-state index in [-0.39, 0.29) is 23.1 Å². The fourth-order valence-corrected chi connectivity index (χ4v) is 3.49. The Bertz CT molecular complexity index is 835. The van der Waals surface area contributed by atoms with Gasteiger partial charge in [-0.15, -0.1) is 10.2 Å². The molecule has 2 N–H and O–H groups in total. The van der Waals surface area contributed by atoms with E-state index in [9.17, 15) is 9.59 Å². The Morgan fingerprint density at radius 1 is 1.27 bits per heavy atom. The second-order valence-electron chi connectivity index (χ2n) is 7.01. The summed E-state index contributed by atoms with van der Waals surface area (Å²) in [5.41, 5.74) is 2.37. The average Bonchev–Trinajstić information content (AvgIpc) is 3.13. The minimum Gasteiger partial charge on any atom is -0.347 e. The number of hydrogen-bond donors (Lipinski definition) is 2. The topological polar surface area (TPSA) is 101 Å². The molecular weight excluding hydrogens is 330 g/mol. The summed E-state index contributed by atoms with van der Waals surface area (Å²) in [4.78, 5) is 32.1. The highest BCUT2D eigenvalue weighted by Gasteiger charge is 2.26. The normalized spacial score (nSPS) is 15.8. The lowest BCUT2D eigenvalue weighted by atomic mass is 10.1. The second kappa shape index (κ2) is 7.76. The Balaban J connectivity index is 1.83. The number of rotatable bonds is 5. The van der Waals surface area contributed by atoms with Gasteiger partial charge in [0.1, 0.15) is 5.69 Å². The van der Waals surface area contributed by atoms with Crippen LogP contribution in [-0.4, -0.2) is 26.1 Å². The van der Waals surface area contributed by atoms with Gasteiger partial charge in [0.05, 0.1) is 6.04 Å². The summed E-state index contributed by atoms with van der Waals surface area (Å²) in [6.07, 6.45) is 4.60. The van der Waals surface area contributed by atoms with Gasteiger partial charge in [0.2, 0.25) is 5.91 Å². The van der Waals surface area contributed by atoms with E-state index in [0.717, 1.165) is 36.9 Å². The summed E-state index contributed by atoms with van der Waals surface area (Å²) < 4.78 is 0. The van der Waals surface area contributed by atoms with Crippen LogP contribution < -0.4 is 10.9 Å². The third-order valence-corrected chi connectivity index (χ3v) is 4.84. The molecule has 0 aromatic carbocycles. The van der Waals surface area contributed by atoms with Crippen molar-refractivity contribution in [3.8, 4) is 11.5 Å². The van der Waals surface area contributed by atoms with Gasteiger partial charge < -0.3 is 10.3 Å². The molecule has 1 aliphatic carbocycles. The number of carbonyl (C=O) groups excluding carboxylic acids is 1. The molecule has 138 valence electrons. The number of aromatic nitrogens is 4. The molecule has 0 spiro atoms. The highest BCUT2D eigenvalue weighted by atomic mass is 16.2. The Kier molecular flexibility index (Phi) is 5.44. The molecule has 1 amide bonds. The quantitative estimate of drug-likeness (QED) is 0.858. The van der Waals surface area contributed by atoms with E-state index in [2.05, 4.69) is 25.5 Å². The van der Waals surface area contributed by atoms with E-state index in [1.807, 2.05) is 32.9 Å². The van der Waals surface area contributed by atoms with E-state index in [1.165, 1.54) is 0 Å². The highest BCUT2D eigenvalue weighted by Crippen LogP contribution is 2.25. The summed E-state index contributed by atoms with van der Waals surface area (Å²) in [7, 11) is 0. The fourth-order valence-electron chi connectivity index (χ4n) is 3.49. The highest BCUT2D eigenvalue weighted by molar-refractivity contribution is 5.79. The summed E-state index contributed by atoms with van der Waals surface area (Å²) >= 11 is 0. The number of carbonyl (C=O) groups is 1. The minimum absolute atomic E-state index is 0.00982. The Morgan fingerprint density at radius 3 is 2.62 bits per heavy atom. The molecule has 7 heteroatoms. The van der Waals surface area contributed by atoms with Gasteiger partial charge in [-0.2, -0.15) is 0 Å². The monoisotopic (exact) mass is 355 g/mol. The maximum absolute atomic E-state index is 12.5. The van der Waals surface area contributed by atoms with Crippen LogP contribution in [-0.2, 0) is 4.79 Å². The number of hydrogen-bond acceptors (Lipinski definition) is 5. The molecule has 2 aromatic rings. The number of aromatic amines is 1. The molecule has 3 rings (SSSR count). The van der Waals surface area contributed by atoms with Crippen LogP contribution in [0.3, 0.4) is 0 Å².